The van der Waals surface area contributed by atoms with Gasteiger partial charge < -0.3 is 25.3 Å². The van der Waals surface area contributed by atoms with Crippen LogP contribution in [0.15, 0.2) is 67.1 Å². The number of nitrogens with one attached hydrogen (secondary N) is 3. The first-order valence-corrected chi connectivity index (χ1v) is 10.7. The molecule has 8 nitrogen and oxygen atoms in total. The fourth-order valence-electron chi connectivity index (χ4n) is 4.21. The summed E-state index contributed by atoms with van der Waals surface area (Å²) in [5.41, 5.74) is 7.15. The minimum Gasteiger partial charge on any atom is -0.341 e. The third-order valence-corrected chi connectivity index (χ3v) is 5.98. The van der Waals surface area contributed by atoms with E-state index in [0.29, 0.717) is 24.4 Å². The highest BCUT2D eigenvalue weighted by molar-refractivity contribution is 5.95. The first kappa shape index (κ1) is 20.6. The third kappa shape index (κ3) is 3.87. The summed E-state index contributed by atoms with van der Waals surface area (Å²) in [7, 11) is 1.57. The minimum absolute atomic E-state index is 0.126. The second kappa shape index (κ2) is 8.31. The van der Waals surface area contributed by atoms with Crippen molar-refractivity contribution in [3.8, 4) is 11.1 Å². The Labute approximate surface area is 191 Å². The molecule has 0 spiro atoms. The van der Waals surface area contributed by atoms with Crippen LogP contribution in [0.4, 0.5) is 21.0 Å². The standard InChI is InChI=1S/C25H24N6O2/c1-16-20(19-12-22(28-24(32)26-2)23-27-10-11-30(23)15-19)8-5-9-21(16)29-25(33)31-13-17-6-3-4-7-18(17)14-31/h3-12,15H,13-14H2,1-2H3,(H,29,33)(H2,26,28,32). The highest BCUT2D eigenvalue weighted by Gasteiger charge is 2.23. The molecule has 3 heterocycles. The lowest BCUT2D eigenvalue weighted by atomic mass is 10.00. The van der Waals surface area contributed by atoms with Crippen molar-refractivity contribution in [1.82, 2.24) is 19.6 Å². The van der Waals surface area contributed by atoms with Gasteiger partial charge >= 0.3 is 12.1 Å². The van der Waals surface area contributed by atoms with Crippen molar-refractivity contribution in [2.75, 3.05) is 17.7 Å². The Morgan fingerprint density at radius 3 is 2.45 bits per heavy atom. The number of aromatic nitrogens is 2. The van der Waals surface area contributed by atoms with Gasteiger partial charge in [-0.3, -0.25) is 0 Å². The van der Waals surface area contributed by atoms with Crippen molar-refractivity contribution in [1.29, 1.82) is 0 Å². The van der Waals surface area contributed by atoms with Crippen LogP contribution in [0.3, 0.4) is 0 Å². The number of fused-ring (bicyclic) bond motifs is 2. The zero-order valence-electron chi connectivity index (χ0n) is 18.4. The molecule has 33 heavy (non-hydrogen) atoms. The van der Waals surface area contributed by atoms with Crippen molar-refractivity contribution in [2.45, 2.75) is 20.0 Å². The molecular formula is C25H24N6O2. The lowest BCUT2D eigenvalue weighted by molar-refractivity contribution is 0.212. The maximum absolute atomic E-state index is 13.0. The summed E-state index contributed by atoms with van der Waals surface area (Å²) in [6.45, 7) is 3.19. The monoisotopic (exact) mass is 440 g/mol. The first-order chi connectivity index (χ1) is 16.0. The van der Waals surface area contributed by atoms with Crippen molar-refractivity contribution < 1.29 is 9.59 Å². The second-order valence-corrected chi connectivity index (χ2v) is 8.04. The van der Waals surface area contributed by atoms with E-state index in [9.17, 15) is 9.59 Å². The number of hydrogen-bond donors (Lipinski definition) is 3. The third-order valence-electron chi connectivity index (χ3n) is 5.98. The van der Waals surface area contributed by atoms with Gasteiger partial charge in [0.05, 0.1) is 5.69 Å². The fraction of sp³-hybridized carbons (Fsp3) is 0.160. The SMILES string of the molecule is CNC(=O)Nc1cc(-c2cccc(NC(=O)N3Cc4ccccc4C3)c2C)cn2ccnc12. The van der Waals surface area contributed by atoms with Gasteiger partial charge in [0.2, 0.25) is 0 Å². The molecular weight excluding hydrogens is 416 g/mol. The van der Waals surface area contributed by atoms with Gasteiger partial charge in [0.25, 0.3) is 0 Å². The van der Waals surface area contributed by atoms with Crippen LogP contribution in [0, 0.1) is 6.92 Å². The Kier molecular flexibility index (Phi) is 5.18. The van der Waals surface area contributed by atoms with Crippen LogP contribution < -0.4 is 16.0 Å². The zero-order valence-corrected chi connectivity index (χ0v) is 18.4. The van der Waals surface area contributed by atoms with Gasteiger partial charge in [0, 0.05) is 50.0 Å². The molecule has 4 amide bonds. The summed E-state index contributed by atoms with van der Waals surface area (Å²) >= 11 is 0. The van der Waals surface area contributed by atoms with Gasteiger partial charge in [0.1, 0.15) is 0 Å². The van der Waals surface area contributed by atoms with Crippen molar-refractivity contribution in [2.24, 2.45) is 0 Å². The van der Waals surface area contributed by atoms with E-state index in [1.807, 2.05) is 60.1 Å². The number of anilines is 2. The normalized spacial score (nSPS) is 12.5. The molecule has 0 saturated heterocycles. The molecule has 0 saturated carbocycles. The quantitative estimate of drug-likeness (QED) is 0.435. The summed E-state index contributed by atoms with van der Waals surface area (Å²) in [5.74, 6) is 0. The summed E-state index contributed by atoms with van der Waals surface area (Å²) in [6.07, 6.45) is 5.48. The number of hydrogen-bond acceptors (Lipinski definition) is 3. The molecule has 5 rings (SSSR count). The van der Waals surface area contributed by atoms with Gasteiger partial charge in [-0.25, -0.2) is 14.6 Å². The molecule has 3 N–H and O–H groups in total. The summed E-state index contributed by atoms with van der Waals surface area (Å²) in [4.78, 5) is 31.1. The molecule has 8 heteroatoms. The topological polar surface area (TPSA) is 90.8 Å². The number of rotatable bonds is 3. The Morgan fingerprint density at radius 2 is 1.73 bits per heavy atom. The van der Waals surface area contributed by atoms with Crippen LogP contribution in [0.5, 0.6) is 0 Å². The Balaban J connectivity index is 1.44. The lowest BCUT2D eigenvalue weighted by Crippen LogP contribution is -2.30. The molecule has 166 valence electrons. The van der Waals surface area contributed by atoms with E-state index in [0.717, 1.165) is 22.4 Å². The number of imidazole rings is 1. The van der Waals surface area contributed by atoms with Crippen LogP contribution >= 0.6 is 0 Å². The molecule has 0 atom stereocenters. The number of benzene rings is 2. The summed E-state index contributed by atoms with van der Waals surface area (Å²) in [5, 5.41) is 8.47. The number of nitrogens with zero attached hydrogens (tertiary/aromatic N) is 3. The van der Waals surface area contributed by atoms with Crippen molar-refractivity contribution in [3.05, 3.63) is 83.8 Å². The van der Waals surface area contributed by atoms with E-state index in [4.69, 9.17) is 0 Å². The molecule has 0 unspecified atom stereocenters. The van der Waals surface area contributed by atoms with E-state index >= 15 is 0 Å². The van der Waals surface area contributed by atoms with Crippen LogP contribution in [0.1, 0.15) is 16.7 Å². The van der Waals surface area contributed by atoms with Gasteiger partial charge in [-0.15, -0.1) is 0 Å². The fourth-order valence-corrected chi connectivity index (χ4v) is 4.21. The molecule has 0 aliphatic carbocycles. The molecule has 1 aliphatic heterocycles. The van der Waals surface area contributed by atoms with Crippen LogP contribution in [-0.4, -0.2) is 33.4 Å². The molecule has 1 aliphatic rings. The highest BCUT2D eigenvalue weighted by Crippen LogP contribution is 2.32. The second-order valence-electron chi connectivity index (χ2n) is 8.04. The van der Waals surface area contributed by atoms with Crippen molar-refractivity contribution >= 4 is 29.1 Å². The minimum atomic E-state index is -0.318. The maximum Gasteiger partial charge on any atom is 0.322 e. The number of carbonyl (C=O) groups excluding carboxylic acids is 2. The lowest BCUT2D eigenvalue weighted by Gasteiger charge is -2.19. The van der Waals surface area contributed by atoms with Gasteiger partial charge in [-0.1, -0.05) is 36.4 Å². The molecule has 2 aromatic carbocycles. The average molecular weight is 441 g/mol. The Morgan fingerprint density at radius 1 is 0.970 bits per heavy atom. The molecule has 0 radical (unpaired) electrons. The highest BCUT2D eigenvalue weighted by atomic mass is 16.2. The van der Waals surface area contributed by atoms with Crippen molar-refractivity contribution in [3.63, 3.8) is 0 Å². The Hall–Kier alpha value is -4.33. The first-order valence-electron chi connectivity index (χ1n) is 10.7. The number of carbonyl (C=O) groups is 2. The van der Waals surface area contributed by atoms with Crippen LogP contribution in [0.2, 0.25) is 0 Å². The molecule has 2 aromatic heterocycles. The Bertz CT molecular complexity index is 1350. The van der Waals surface area contributed by atoms with E-state index in [-0.39, 0.29) is 12.1 Å². The predicted molar refractivity (Wildman–Crippen MR) is 128 cm³/mol. The van der Waals surface area contributed by atoms with E-state index in [1.165, 1.54) is 11.1 Å². The molecule has 0 fully saturated rings. The van der Waals surface area contributed by atoms with E-state index < -0.39 is 0 Å². The largest absolute Gasteiger partial charge is 0.341 e. The van der Waals surface area contributed by atoms with Crippen LogP contribution in [-0.2, 0) is 13.1 Å². The number of pyridine rings is 1. The molecule has 0 bridgehead atoms. The maximum atomic E-state index is 13.0. The number of amides is 4. The molecule has 4 aromatic rings. The summed E-state index contributed by atoms with van der Waals surface area (Å²) < 4.78 is 1.87. The average Bonchev–Trinajstić information content (AvgIpc) is 3.47. The summed E-state index contributed by atoms with van der Waals surface area (Å²) in [6, 6.07) is 15.4. The smallest absolute Gasteiger partial charge is 0.322 e. The van der Waals surface area contributed by atoms with E-state index in [1.54, 1.807) is 18.1 Å². The number of urea groups is 2. The van der Waals surface area contributed by atoms with Gasteiger partial charge in [0.15, 0.2) is 5.65 Å². The van der Waals surface area contributed by atoms with Gasteiger partial charge in [-0.05, 0) is 41.3 Å². The zero-order chi connectivity index (χ0) is 22.9. The van der Waals surface area contributed by atoms with Crippen LogP contribution in [0.25, 0.3) is 16.8 Å². The van der Waals surface area contributed by atoms with Gasteiger partial charge in [-0.2, -0.15) is 0 Å². The van der Waals surface area contributed by atoms with E-state index in [2.05, 4.69) is 33.1 Å². The predicted octanol–water partition coefficient (Wildman–Crippen LogP) is 4.61.